The second-order valence-electron chi connectivity index (χ2n) is 9.33. The third-order valence-corrected chi connectivity index (χ3v) is 7.03. The molecule has 0 bridgehead atoms. The topological polar surface area (TPSA) is 33.0 Å². The molecule has 0 radical (unpaired) electrons. The predicted octanol–water partition coefficient (Wildman–Crippen LogP) is 8.67. The molecule has 1 aliphatic carbocycles. The Morgan fingerprint density at radius 3 is 2.03 bits per heavy atom. The first-order valence-corrected chi connectivity index (χ1v) is 12.4. The van der Waals surface area contributed by atoms with E-state index in [9.17, 15) is 5.26 Å². The summed E-state index contributed by atoms with van der Waals surface area (Å²) in [5, 5.41) is 9.73. The van der Waals surface area contributed by atoms with Gasteiger partial charge in [0, 0.05) is 0 Å². The van der Waals surface area contributed by atoms with Gasteiger partial charge in [0.15, 0.2) is 0 Å². The van der Waals surface area contributed by atoms with Crippen LogP contribution in [-0.2, 0) is 0 Å². The fourth-order valence-corrected chi connectivity index (χ4v) is 4.85. The average molecular weight is 418 g/mol. The van der Waals surface area contributed by atoms with Gasteiger partial charge in [0.05, 0.1) is 18.1 Å². The van der Waals surface area contributed by atoms with Crippen molar-refractivity contribution in [2.75, 3.05) is 6.61 Å². The van der Waals surface area contributed by atoms with E-state index in [1.54, 1.807) is 0 Å². The maximum Gasteiger partial charge on any atom is 0.119 e. The van der Waals surface area contributed by atoms with E-state index in [1.807, 2.05) is 0 Å². The van der Waals surface area contributed by atoms with Gasteiger partial charge >= 0.3 is 0 Å². The standard InChI is InChI=1S/C29H39NO/c1-3-5-7-8-22-31-28-15-13-26(14-16-28)24-9-11-25(12-10-24)27-17-20-29(23-30,21-18-27)19-6-4-2/h9-16,27H,3-8,17-22H2,1-2H3. The number of benzene rings is 2. The van der Waals surface area contributed by atoms with Crippen molar-refractivity contribution in [1.29, 1.82) is 5.26 Å². The molecule has 0 spiro atoms. The summed E-state index contributed by atoms with van der Waals surface area (Å²) in [5.74, 6) is 1.56. The number of hydrogen-bond acceptors (Lipinski definition) is 2. The summed E-state index contributed by atoms with van der Waals surface area (Å²) in [6.07, 6.45) is 12.7. The molecule has 0 unspecified atom stereocenters. The summed E-state index contributed by atoms with van der Waals surface area (Å²) in [6, 6.07) is 20.2. The van der Waals surface area contributed by atoms with Gasteiger partial charge in [-0.15, -0.1) is 0 Å². The molecule has 0 aromatic heterocycles. The Hall–Kier alpha value is -2.27. The number of ether oxygens (including phenoxy) is 1. The number of hydrogen-bond donors (Lipinski definition) is 0. The van der Waals surface area contributed by atoms with Crippen LogP contribution in [0.15, 0.2) is 48.5 Å². The fraction of sp³-hybridized carbons (Fsp3) is 0.552. The van der Waals surface area contributed by atoms with E-state index >= 15 is 0 Å². The normalized spacial score (nSPS) is 20.9. The van der Waals surface area contributed by atoms with Crippen LogP contribution in [0.4, 0.5) is 0 Å². The average Bonchev–Trinajstić information content (AvgIpc) is 2.83. The number of nitrogens with zero attached hydrogens (tertiary/aromatic N) is 1. The molecule has 1 fully saturated rings. The predicted molar refractivity (Wildman–Crippen MR) is 130 cm³/mol. The molecule has 3 rings (SSSR count). The Bertz CT molecular complexity index is 807. The van der Waals surface area contributed by atoms with Gasteiger partial charge in [-0.2, -0.15) is 5.26 Å². The molecule has 2 aromatic carbocycles. The van der Waals surface area contributed by atoms with Crippen molar-refractivity contribution in [2.45, 2.75) is 90.4 Å². The molecule has 1 saturated carbocycles. The highest BCUT2D eigenvalue weighted by atomic mass is 16.5. The van der Waals surface area contributed by atoms with Gasteiger partial charge in [-0.25, -0.2) is 0 Å². The first kappa shape index (κ1) is 23.4. The molecule has 0 atom stereocenters. The SMILES string of the molecule is CCCCCCOc1ccc(-c2ccc(C3CCC(C#N)(CCCC)CC3)cc2)cc1. The highest BCUT2D eigenvalue weighted by molar-refractivity contribution is 5.64. The van der Waals surface area contributed by atoms with Crippen molar-refractivity contribution in [1.82, 2.24) is 0 Å². The summed E-state index contributed by atoms with van der Waals surface area (Å²) in [7, 11) is 0. The second-order valence-corrected chi connectivity index (χ2v) is 9.33. The lowest BCUT2D eigenvalue weighted by atomic mass is 9.67. The summed E-state index contributed by atoms with van der Waals surface area (Å²) in [4.78, 5) is 0. The zero-order chi connectivity index (χ0) is 21.9. The van der Waals surface area contributed by atoms with Crippen LogP contribution < -0.4 is 4.74 Å². The van der Waals surface area contributed by atoms with E-state index in [1.165, 1.54) is 48.8 Å². The molecular formula is C29H39NO. The lowest BCUT2D eigenvalue weighted by Gasteiger charge is -2.35. The highest BCUT2D eigenvalue weighted by Crippen LogP contribution is 2.45. The van der Waals surface area contributed by atoms with E-state index in [4.69, 9.17) is 4.74 Å². The minimum Gasteiger partial charge on any atom is -0.494 e. The fourth-order valence-electron chi connectivity index (χ4n) is 4.85. The third kappa shape index (κ3) is 6.60. The molecule has 0 saturated heterocycles. The molecule has 166 valence electrons. The van der Waals surface area contributed by atoms with Gasteiger partial charge in [-0.05, 0) is 73.3 Å². The van der Waals surface area contributed by atoms with Gasteiger partial charge in [0.2, 0.25) is 0 Å². The van der Waals surface area contributed by atoms with Crippen LogP contribution in [0.3, 0.4) is 0 Å². The maximum atomic E-state index is 9.73. The summed E-state index contributed by atoms with van der Waals surface area (Å²) in [6.45, 7) is 5.25. The Labute approximate surface area is 189 Å². The molecule has 31 heavy (non-hydrogen) atoms. The molecule has 0 aliphatic heterocycles. The van der Waals surface area contributed by atoms with Crippen molar-refractivity contribution in [2.24, 2.45) is 5.41 Å². The van der Waals surface area contributed by atoms with E-state index in [0.29, 0.717) is 5.92 Å². The van der Waals surface area contributed by atoms with Crippen LogP contribution in [-0.4, -0.2) is 6.61 Å². The van der Waals surface area contributed by atoms with Crippen LogP contribution >= 0.6 is 0 Å². The second kappa shape index (κ2) is 11.9. The molecule has 2 aromatic rings. The Morgan fingerprint density at radius 2 is 1.45 bits per heavy atom. The smallest absolute Gasteiger partial charge is 0.119 e. The van der Waals surface area contributed by atoms with E-state index in [2.05, 4.69) is 68.4 Å². The Morgan fingerprint density at radius 1 is 0.839 bits per heavy atom. The zero-order valence-corrected chi connectivity index (χ0v) is 19.5. The van der Waals surface area contributed by atoms with E-state index in [0.717, 1.165) is 50.9 Å². The molecule has 2 nitrogen and oxygen atoms in total. The lowest BCUT2D eigenvalue weighted by molar-refractivity contribution is 0.224. The molecular weight excluding hydrogens is 378 g/mol. The molecule has 0 heterocycles. The van der Waals surface area contributed by atoms with Crippen LogP contribution in [0.5, 0.6) is 5.75 Å². The lowest BCUT2D eigenvalue weighted by Crippen LogP contribution is -2.25. The quantitative estimate of drug-likeness (QED) is 0.343. The highest BCUT2D eigenvalue weighted by Gasteiger charge is 2.35. The summed E-state index contributed by atoms with van der Waals surface area (Å²) < 4.78 is 5.87. The van der Waals surface area contributed by atoms with Crippen molar-refractivity contribution < 1.29 is 4.74 Å². The molecule has 1 aliphatic rings. The number of unbranched alkanes of at least 4 members (excludes halogenated alkanes) is 4. The minimum atomic E-state index is -0.0632. The molecule has 0 N–H and O–H groups in total. The van der Waals surface area contributed by atoms with Crippen molar-refractivity contribution in [3.63, 3.8) is 0 Å². The van der Waals surface area contributed by atoms with Crippen LogP contribution in [0, 0.1) is 16.7 Å². The first-order valence-electron chi connectivity index (χ1n) is 12.4. The first-order chi connectivity index (χ1) is 15.2. The van der Waals surface area contributed by atoms with Crippen molar-refractivity contribution in [3.8, 4) is 22.9 Å². The Kier molecular flexibility index (Phi) is 9.01. The van der Waals surface area contributed by atoms with E-state index < -0.39 is 0 Å². The van der Waals surface area contributed by atoms with Gasteiger partial charge in [-0.1, -0.05) is 82.3 Å². The number of rotatable bonds is 11. The number of nitriles is 1. The van der Waals surface area contributed by atoms with Gasteiger partial charge < -0.3 is 4.74 Å². The van der Waals surface area contributed by atoms with Gasteiger partial charge in [0.1, 0.15) is 5.75 Å². The minimum absolute atomic E-state index is 0.0632. The maximum absolute atomic E-state index is 9.73. The van der Waals surface area contributed by atoms with Crippen LogP contribution in [0.2, 0.25) is 0 Å². The van der Waals surface area contributed by atoms with Crippen LogP contribution in [0.1, 0.15) is 96.0 Å². The zero-order valence-electron chi connectivity index (χ0n) is 19.5. The van der Waals surface area contributed by atoms with Gasteiger partial charge in [-0.3, -0.25) is 0 Å². The molecule has 2 heteroatoms. The monoisotopic (exact) mass is 417 g/mol. The van der Waals surface area contributed by atoms with Crippen molar-refractivity contribution >= 4 is 0 Å². The van der Waals surface area contributed by atoms with Crippen LogP contribution in [0.25, 0.3) is 11.1 Å². The Balaban J connectivity index is 1.53. The van der Waals surface area contributed by atoms with Crippen molar-refractivity contribution in [3.05, 3.63) is 54.1 Å². The summed E-state index contributed by atoms with van der Waals surface area (Å²) in [5.41, 5.74) is 3.85. The largest absolute Gasteiger partial charge is 0.494 e. The summed E-state index contributed by atoms with van der Waals surface area (Å²) >= 11 is 0. The third-order valence-electron chi connectivity index (χ3n) is 7.03. The molecule has 0 amide bonds. The van der Waals surface area contributed by atoms with E-state index in [-0.39, 0.29) is 5.41 Å². The van der Waals surface area contributed by atoms with Gasteiger partial charge in [0.25, 0.3) is 0 Å².